The number of nitrogens with one attached hydrogen (secondary N) is 1. The minimum Gasteiger partial charge on any atom is -0.323 e. The highest BCUT2D eigenvalue weighted by atomic mass is 32.1. The van der Waals surface area contributed by atoms with Gasteiger partial charge < -0.3 is 10.2 Å². The van der Waals surface area contributed by atoms with Gasteiger partial charge in [0.1, 0.15) is 5.82 Å². The number of aryl methyl sites for hydroxylation is 1. The second-order valence-electron chi connectivity index (χ2n) is 8.40. The number of hydrogen-bond acceptors (Lipinski definition) is 8. The van der Waals surface area contributed by atoms with E-state index in [9.17, 15) is 18.0 Å². The first-order valence-corrected chi connectivity index (χ1v) is 11.3. The molecular weight excluding hydrogens is 481 g/mol. The number of hydrogen-bond donors (Lipinski definition) is 1. The topological polar surface area (TPSA) is 102 Å². The number of aromatic nitrogens is 6. The molecule has 35 heavy (non-hydrogen) atoms. The summed E-state index contributed by atoms with van der Waals surface area (Å²) in [6.07, 6.45) is -0.325. The molecule has 0 saturated carbocycles. The minimum absolute atomic E-state index is 0.0690. The molecule has 4 aromatic rings. The summed E-state index contributed by atoms with van der Waals surface area (Å²) in [4.78, 5) is 32.1. The van der Waals surface area contributed by atoms with Crippen molar-refractivity contribution in [2.75, 3.05) is 5.32 Å². The fourth-order valence-electron chi connectivity index (χ4n) is 3.87. The van der Waals surface area contributed by atoms with Gasteiger partial charge >= 0.3 is 6.18 Å². The molecule has 0 unspecified atom stereocenters. The largest absolute Gasteiger partial charge is 0.451 e. The lowest BCUT2D eigenvalue weighted by atomic mass is 10.0. The van der Waals surface area contributed by atoms with Crippen molar-refractivity contribution in [1.82, 2.24) is 34.6 Å². The van der Waals surface area contributed by atoms with Crippen LogP contribution in [0.2, 0.25) is 0 Å². The molecule has 0 aliphatic carbocycles. The number of rotatable bonds is 5. The van der Waals surface area contributed by atoms with Gasteiger partial charge in [0, 0.05) is 30.4 Å². The summed E-state index contributed by atoms with van der Waals surface area (Å²) < 4.78 is 40.7. The first-order chi connectivity index (χ1) is 16.5. The normalized spacial score (nSPS) is 14.9. The number of thiophene rings is 1. The Morgan fingerprint density at radius 3 is 2.54 bits per heavy atom. The molecule has 1 aliphatic rings. The summed E-state index contributed by atoms with van der Waals surface area (Å²) in [6, 6.07) is 6.69. The minimum atomic E-state index is -4.66. The van der Waals surface area contributed by atoms with Gasteiger partial charge in [-0.15, -0.1) is 11.3 Å². The molecule has 4 aromatic heterocycles. The molecule has 1 N–H and O–H groups in total. The Bertz CT molecular complexity index is 1430. The Morgan fingerprint density at radius 1 is 1.09 bits per heavy atom. The number of nitrogens with zero attached hydrogens (tertiary/aromatic N) is 7. The third-order valence-electron chi connectivity index (χ3n) is 5.69. The molecule has 5 rings (SSSR count). The van der Waals surface area contributed by atoms with Crippen molar-refractivity contribution < 1.29 is 18.0 Å². The van der Waals surface area contributed by atoms with Crippen LogP contribution in [0.4, 0.5) is 24.9 Å². The van der Waals surface area contributed by atoms with Gasteiger partial charge in [-0.3, -0.25) is 9.48 Å². The lowest BCUT2D eigenvalue weighted by Gasteiger charge is -2.32. The summed E-state index contributed by atoms with van der Waals surface area (Å²) in [5, 5.41) is 7.20. The molecule has 0 fully saturated rings. The van der Waals surface area contributed by atoms with E-state index in [-0.39, 0.29) is 18.1 Å². The van der Waals surface area contributed by atoms with Crippen LogP contribution < -0.4 is 5.32 Å². The molecule has 1 amide bonds. The Labute approximate surface area is 201 Å². The number of alkyl halides is 3. The van der Waals surface area contributed by atoms with Crippen molar-refractivity contribution in [2.24, 2.45) is 7.05 Å². The number of halogens is 3. The highest BCUT2D eigenvalue weighted by Gasteiger charge is 2.45. The standard InChI is InChI=1S/C22H19F3N8OS/c1-21(2)17-13(18(34)33(21)11-12-4-7-26-19(29-12)22(23,24)25)10-15(35-17)14-5-8-27-20(30-14)31-16-6-9-28-32(16)3/h4-10H,11H2,1-3H3,(H,27,30,31). The van der Waals surface area contributed by atoms with E-state index in [1.165, 1.54) is 22.3 Å². The van der Waals surface area contributed by atoms with Crippen molar-refractivity contribution in [1.29, 1.82) is 0 Å². The summed E-state index contributed by atoms with van der Waals surface area (Å²) in [5.41, 5.74) is 0.511. The zero-order valence-corrected chi connectivity index (χ0v) is 19.6. The maximum Gasteiger partial charge on any atom is 0.451 e. The molecule has 0 saturated heterocycles. The smallest absolute Gasteiger partial charge is 0.323 e. The maximum absolute atomic E-state index is 13.3. The average Bonchev–Trinajstić information content (AvgIpc) is 3.47. The van der Waals surface area contributed by atoms with Crippen LogP contribution in [0.15, 0.2) is 42.9 Å². The van der Waals surface area contributed by atoms with Crippen molar-refractivity contribution in [3.8, 4) is 10.6 Å². The van der Waals surface area contributed by atoms with Gasteiger partial charge in [0.05, 0.1) is 40.1 Å². The Hall–Kier alpha value is -3.87. The molecule has 0 bridgehead atoms. The Balaban J connectivity index is 1.41. The van der Waals surface area contributed by atoms with Gasteiger partial charge in [-0.1, -0.05) is 0 Å². The molecule has 13 heteroatoms. The monoisotopic (exact) mass is 500 g/mol. The first kappa shape index (κ1) is 22.9. The second kappa shape index (κ2) is 8.12. The average molecular weight is 501 g/mol. The summed E-state index contributed by atoms with van der Waals surface area (Å²) >= 11 is 1.42. The molecule has 180 valence electrons. The molecule has 0 radical (unpaired) electrons. The summed E-state index contributed by atoms with van der Waals surface area (Å²) in [6.45, 7) is 3.65. The highest BCUT2D eigenvalue weighted by molar-refractivity contribution is 7.16. The van der Waals surface area contributed by atoms with E-state index in [4.69, 9.17) is 0 Å². The van der Waals surface area contributed by atoms with E-state index >= 15 is 0 Å². The highest BCUT2D eigenvalue weighted by Crippen LogP contribution is 2.46. The zero-order valence-electron chi connectivity index (χ0n) is 18.8. The van der Waals surface area contributed by atoms with E-state index in [0.717, 1.165) is 21.8 Å². The SMILES string of the molecule is Cn1nccc1Nc1nccc(-c2cc3c(s2)C(C)(C)N(Cc2ccnc(C(F)(F)F)n2)C3=O)n1. The molecule has 0 atom stereocenters. The molecule has 0 spiro atoms. The predicted octanol–water partition coefficient (Wildman–Crippen LogP) is 4.38. The van der Waals surface area contributed by atoms with E-state index in [2.05, 4.69) is 30.4 Å². The number of amides is 1. The Morgan fingerprint density at radius 2 is 1.86 bits per heavy atom. The van der Waals surface area contributed by atoms with Crippen LogP contribution in [0.25, 0.3) is 10.6 Å². The van der Waals surface area contributed by atoms with E-state index in [1.807, 2.05) is 13.8 Å². The number of carbonyl (C=O) groups is 1. The molecule has 0 aromatic carbocycles. The van der Waals surface area contributed by atoms with Crippen LogP contribution in [-0.4, -0.2) is 40.5 Å². The Kier molecular flexibility index (Phi) is 5.31. The molecule has 9 nitrogen and oxygen atoms in total. The van der Waals surface area contributed by atoms with Crippen LogP contribution in [0.5, 0.6) is 0 Å². The van der Waals surface area contributed by atoms with Crippen molar-refractivity contribution in [2.45, 2.75) is 32.1 Å². The van der Waals surface area contributed by atoms with Gasteiger partial charge in [0.2, 0.25) is 11.8 Å². The van der Waals surface area contributed by atoms with Crippen molar-refractivity contribution in [3.05, 3.63) is 64.8 Å². The van der Waals surface area contributed by atoms with Gasteiger partial charge in [-0.25, -0.2) is 19.9 Å². The van der Waals surface area contributed by atoms with E-state index in [0.29, 0.717) is 17.2 Å². The van der Waals surface area contributed by atoms with Crippen molar-refractivity contribution in [3.63, 3.8) is 0 Å². The zero-order chi connectivity index (χ0) is 25.0. The number of fused-ring (bicyclic) bond motifs is 1. The lowest BCUT2D eigenvalue weighted by Crippen LogP contribution is -2.38. The van der Waals surface area contributed by atoms with Crippen molar-refractivity contribution >= 4 is 29.0 Å². The molecular formula is C22H19F3N8OS. The van der Waals surface area contributed by atoms with Crippen LogP contribution >= 0.6 is 11.3 Å². The maximum atomic E-state index is 13.3. The fraction of sp³-hybridized carbons (Fsp3) is 0.273. The van der Waals surface area contributed by atoms with Gasteiger partial charge in [0.15, 0.2) is 0 Å². The lowest BCUT2D eigenvalue weighted by molar-refractivity contribution is -0.145. The van der Waals surface area contributed by atoms with Gasteiger partial charge in [-0.05, 0) is 32.0 Å². The second-order valence-corrected chi connectivity index (χ2v) is 9.46. The van der Waals surface area contributed by atoms with Gasteiger partial charge in [0.25, 0.3) is 5.91 Å². The quantitative estimate of drug-likeness (QED) is 0.434. The molecule has 5 heterocycles. The summed E-state index contributed by atoms with van der Waals surface area (Å²) in [7, 11) is 1.79. The van der Waals surface area contributed by atoms with Crippen LogP contribution in [-0.2, 0) is 25.3 Å². The first-order valence-electron chi connectivity index (χ1n) is 10.5. The predicted molar refractivity (Wildman–Crippen MR) is 122 cm³/mol. The van der Waals surface area contributed by atoms with Gasteiger partial charge in [-0.2, -0.15) is 18.3 Å². The third kappa shape index (κ3) is 4.11. The summed E-state index contributed by atoms with van der Waals surface area (Å²) in [5.74, 6) is -0.393. The van der Waals surface area contributed by atoms with E-state index < -0.39 is 17.5 Å². The van der Waals surface area contributed by atoms with Crippen LogP contribution in [0, 0.1) is 0 Å². The number of anilines is 2. The molecule has 1 aliphatic heterocycles. The van der Waals surface area contributed by atoms with Crippen LogP contribution in [0.1, 0.15) is 40.6 Å². The number of carbonyl (C=O) groups excluding carboxylic acids is 1. The fourth-order valence-corrected chi connectivity index (χ4v) is 5.10. The third-order valence-corrected chi connectivity index (χ3v) is 7.16. The van der Waals surface area contributed by atoms with Crippen LogP contribution in [0.3, 0.4) is 0 Å². The van der Waals surface area contributed by atoms with E-state index in [1.54, 1.807) is 42.3 Å².